The zero-order chi connectivity index (χ0) is 19.6. The molecule has 3 rings (SSSR count). The molecule has 0 bridgehead atoms. The Balaban J connectivity index is 0.00000300. The average molecular weight is 513 g/mol. The number of guanidine groups is 1. The molecule has 1 fully saturated rings. The van der Waals surface area contributed by atoms with Gasteiger partial charge >= 0.3 is 0 Å². The number of nitrogens with zero attached hydrogens (tertiary/aromatic N) is 2. The first-order valence-electron chi connectivity index (χ1n) is 9.70. The Morgan fingerprint density at radius 2 is 2.03 bits per heavy atom. The number of benzene rings is 2. The summed E-state index contributed by atoms with van der Waals surface area (Å²) in [7, 11) is 1.79. The predicted molar refractivity (Wildman–Crippen MR) is 124 cm³/mol. The predicted octanol–water partition coefficient (Wildman–Crippen LogP) is 3.94. The van der Waals surface area contributed by atoms with E-state index in [0.29, 0.717) is 31.4 Å². The molecule has 0 aliphatic carbocycles. The van der Waals surface area contributed by atoms with E-state index >= 15 is 0 Å². The Bertz CT molecular complexity index is 761. The Morgan fingerprint density at radius 3 is 2.79 bits per heavy atom. The molecule has 0 radical (unpaired) electrons. The van der Waals surface area contributed by atoms with E-state index in [9.17, 15) is 4.39 Å². The Kier molecular flexibility index (Phi) is 10.2. The smallest absolute Gasteiger partial charge is 0.193 e. The maximum Gasteiger partial charge on any atom is 0.193 e. The summed E-state index contributed by atoms with van der Waals surface area (Å²) in [6, 6.07) is 16.4. The van der Waals surface area contributed by atoms with Gasteiger partial charge in [0.15, 0.2) is 5.96 Å². The van der Waals surface area contributed by atoms with Crippen molar-refractivity contribution in [2.24, 2.45) is 10.9 Å². The van der Waals surface area contributed by atoms with Crippen molar-refractivity contribution < 1.29 is 13.9 Å². The summed E-state index contributed by atoms with van der Waals surface area (Å²) in [5, 5.41) is 3.32. The molecule has 2 aromatic rings. The van der Waals surface area contributed by atoms with Gasteiger partial charge in [0, 0.05) is 32.1 Å². The maximum absolute atomic E-state index is 13.2. The van der Waals surface area contributed by atoms with Crippen LogP contribution in [0.3, 0.4) is 0 Å². The zero-order valence-corrected chi connectivity index (χ0v) is 19.1. The fourth-order valence-electron chi connectivity index (χ4n) is 3.30. The fraction of sp³-hybridized carbons (Fsp3) is 0.409. The Hall–Kier alpha value is -1.87. The zero-order valence-electron chi connectivity index (χ0n) is 16.7. The number of halogens is 2. The lowest BCUT2D eigenvalue weighted by molar-refractivity contribution is 0.0906. The fourth-order valence-corrected chi connectivity index (χ4v) is 3.30. The second kappa shape index (κ2) is 12.6. The van der Waals surface area contributed by atoms with E-state index in [4.69, 9.17) is 9.47 Å². The number of hydrogen-bond acceptors (Lipinski definition) is 3. The van der Waals surface area contributed by atoms with Crippen LogP contribution in [0.2, 0.25) is 0 Å². The van der Waals surface area contributed by atoms with Crippen molar-refractivity contribution in [2.45, 2.75) is 13.0 Å². The van der Waals surface area contributed by atoms with E-state index in [-0.39, 0.29) is 29.8 Å². The van der Waals surface area contributed by atoms with Gasteiger partial charge in [0.05, 0.1) is 19.8 Å². The van der Waals surface area contributed by atoms with Crippen LogP contribution in [0, 0.1) is 11.7 Å². The summed E-state index contributed by atoms with van der Waals surface area (Å²) in [6.45, 7) is 4.35. The van der Waals surface area contributed by atoms with Crippen LogP contribution in [-0.2, 0) is 11.3 Å². The molecule has 1 aliphatic rings. The van der Waals surface area contributed by atoms with Crippen LogP contribution in [0.5, 0.6) is 5.75 Å². The molecule has 2 aromatic carbocycles. The molecule has 158 valence electrons. The van der Waals surface area contributed by atoms with Crippen LogP contribution in [0.25, 0.3) is 0 Å². The van der Waals surface area contributed by atoms with E-state index in [1.807, 2.05) is 18.2 Å². The summed E-state index contributed by atoms with van der Waals surface area (Å²) in [6.07, 6.45) is 1.09. The van der Waals surface area contributed by atoms with Gasteiger partial charge < -0.3 is 19.7 Å². The number of rotatable bonds is 8. The van der Waals surface area contributed by atoms with Crippen molar-refractivity contribution in [1.29, 1.82) is 0 Å². The van der Waals surface area contributed by atoms with Crippen molar-refractivity contribution in [1.82, 2.24) is 10.2 Å². The topological polar surface area (TPSA) is 46.1 Å². The van der Waals surface area contributed by atoms with E-state index in [2.05, 4.69) is 27.3 Å². The second-order valence-corrected chi connectivity index (χ2v) is 6.88. The van der Waals surface area contributed by atoms with Gasteiger partial charge in [-0.15, -0.1) is 24.0 Å². The molecular formula is C22H29FIN3O2. The molecule has 7 heteroatoms. The monoisotopic (exact) mass is 513 g/mol. The summed E-state index contributed by atoms with van der Waals surface area (Å²) >= 11 is 0. The third-order valence-corrected chi connectivity index (χ3v) is 4.71. The molecule has 0 amide bonds. The number of nitrogens with one attached hydrogen (secondary N) is 1. The van der Waals surface area contributed by atoms with Gasteiger partial charge in [0.25, 0.3) is 0 Å². The summed E-state index contributed by atoms with van der Waals surface area (Å²) in [5.74, 6) is 1.62. The largest absolute Gasteiger partial charge is 0.492 e. The molecule has 1 N–H and O–H groups in total. The molecular weight excluding hydrogens is 484 g/mol. The first kappa shape index (κ1) is 23.4. The first-order chi connectivity index (χ1) is 13.7. The molecule has 0 aromatic heterocycles. The molecule has 1 saturated heterocycles. The van der Waals surface area contributed by atoms with Crippen molar-refractivity contribution in [3.63, 3.8) is 0 Å². The lowest BCUT2D eigenvalue weighted by Gasteiger charge is -2.21. The molecule has 29 heavy (non-hydrogen) atoms. The van der Waals surface area contributed by atoms with Crippen molar-refractivity contribution in [3.05, 3.63) is 66.0 Å². The minimum absolute atomic E-state index is 0. The molecule has 0 spiro atoms. The van der Waals surface area contributed by atoms with Crippen LogP contribution in [-0.4, -0.2) is 50.8 Å². The molecule has 5 nitrogen and oxygen atoms in total. The third-order valence-electron chi connectivity index (χ3n) is 4.71. The standard InChI is InChI=1S/C22H28FN3O2.HI/c1-24-22(25-11-13-28-21-9-5-8-20(23)14-21)26-12-10-19(15-26)17-27-16-18-6-3-2-4-7-18;/h2-9,14,19H,10-13,15-17H2,1H3,(H,24,25);1H. The average Bonchev–Trinajstić information content (AvgIpc) is 3.17. The summed E-state index contributed by atoms with van der Waals surface area (Å²) in [5.41, 5.74) is 1.20. The van der Waals surface area contributed by atoms with Gasteiger partial charge in [-0.1, -0.05) is 36.4 Å². The molecule has 1 unspecified atom stereocenters. The number of hydrogen-bond donors (Lipinski definition) is 1. The Morgan fingerprint density at radius 1 is 1.21 bits per heavy atom. The lowest BCUT2D eigenvalue weighted by atomic mass is 10.1. The quantitative estimate of drug-likeness (QED) is 0.252. The van der Waals surface area contributed by atoms with Gasteiger partial charge in [0.1, 0.15) is 18.2 Å². The molecule has 1 aliphatic heterocycles. The summed E-state index contributed by atoms with van der Waals surface area (Å²) in [4.78, 5) is 6.61. The van der Waals surface area contributed by atoms with Gasteiger partial charge in [-0.2, -0.15) is 0 Å². The van der Waals surface area contributed by atoms with Crippen LogP contribution >= 0.6 is 24.0 Å². The molecule has 1 heterocycles. The van der Waals surface area contributed by atoms with E-state index < -0.39 is 0 Å². The third kappa shape index (κ3) is 7.81. The van der Waals surface area contributed by atoms with Crippen molar-refractivity contribution in [3.8, 4) is 5.75 Å². The van der Waals surface area contributed by atoms with E-state index in [1.165, 1.54) is 17.7 Å². The Labute approximate surface area is 189 Å². The highest BCUT2D eigenvalue weighted by Crippen LogP contribution is 2.17. The number of likely N-dealkylation sites (tertiary alicyclic amines) is 1. The van der Waals surface area contributed by atoms with Gasteiger partial charge in [0.2, 0.25) is 0 Å². The van der Waals surface area contributed by atoms with Crippen molar-refractivity contribution >= 4 is 29.9 Å². The minimum Gasteiger partial charge on any atom is -0.492 e. The van der Waals surface area contributed by atoms with Crippen molar-refractivity contribution in [2.75, 3.05) is 39.9 Å². The van der Waals surface area contributed by atoms with Crippen LogP contribution in [0.15, 0.2) is 59.6 Å². The highest BCUT2D eigenvalue weighted by Gasteiger charge is 2.24. The molecule has 0 saturated carbocycles. The number of aliphatic imine (C=N–C) groups is 1. The van der Waals surface area contributed by atoms with Gasteiger partial charge in [-0.05, 0) is 24.1 Å². The number of ether oxygens (including phenoxy) is 2. The highest BCUT2D eigenvalue weighted by molar-refractivity contribution is 14.0. The lowest BCUT2D eigenvalue weighted by Crippen LogP contribution is -2.41. The SMILES string of the molecule is CN=C(NCCOc1cccc(F)c1)N1CCC(COCc2ccccc2)C1.I. The second-order valence-electron chi connectivity index (χ2n) is 6.88. The van der Waals surface area contributed by atoms with Gasteiger partial charge in [-0.25, -0.2) is 4.39 Å². The van der Waals surface area contributed by atoms with Crippen LogP contribution < -0.4 is 10.1 Å². The molecule has 1 atom stereocenters. The van der Waals surface area contributed by atoms with Crippen LogP contribution in [0.1, 0.15) is 12.0 Å². The van der Waals surface area contributed by atoms with E-state index in [0.717, 1.165) is 32.1 Å². The highest BCUT2D eigenvalue weighted by atomic mass is 127. The van der Waals surface area contributed by atoms with Gasteiger partial charge in [-0.3, -0.25) is 4.99 Å². The van der Waals surface area contributed by atoms with E-state index in [1.54, 1.807) is 19.2 Å². The minimum atomic E-state index is -0.293. The first-order valence-corrected chi connectivity index (χ1v) is 9.70. The van der Waals surface area contributed by atoms with Crippen LogP contribution in [0.4, 0.5) is 4.39 Å². The summed E-state index contributed by atoms with van der Waals surface area (Å²) < 4.78 is 24.6. The normalized spacial score (nSPS) is 16.4. The maximum atomic E-state index is 13.2.